The molecule has 7 heteroatoms. The zero-order valence-corrected chi connectivity index (χ0v) is 14.2. The Morgan fingerprint density at radius 3 is 2.88 bits per heavy atom. The van der Waals surface area contributed by atoms with Crippen molar-refractivity contribution in [1.29, 1.82) is 0 Å². The summed E-state index contributed by atoms with van der Waals surface area (Å²) in [7, 11) is 0. The van der Waals surface area contributed by atoms with Crippen LogP contribution in [0.25, 0.3) is 11.0 Å². The number of nitrogens with one attached hydrogen (secondary N) is 1. The Morgan fingerprint density at radius 2 is 2.12 bits per heavy atom. The van der Waals surface area contributed by atoms with Crippen LogP contribution >= 0.6 is 11.6 Å². The summed E-state index contributed by atoms with van der Waals surface area (Å²) in [5.74, 6) is 0.839. The predicted octanol–water partition coefficient (Wildman–Crippen LogP) is 3.36. The number of rotatable bonds is 3. The Bertz CT molecular complexity index is 829. The van der Waals surface area contributed by atoms with E-state index in [4.69, 9.17) is 25.5 Å². The maximum Gasteiger partial charge on any atom is 0.407 e. The molecule has 0 radical (unpaired) electrons. The summed E-state index contributed by atoms with van der Waals surface area (Å²) in [4.78, 5) is 23.6. The number of carbonyl (C=O) groups is 1. The van der Waals surface area contributed by atoms with E-state index in [1.807, 2.05) is 19.9 Å². The van der Waals surface area contributed by atoms with Gasteiger partial charge >= 0.3 is 11.7 Å². The molecule has 6 nitrogen and oxygen atoms in total. The lowest BCUT2D eigenvalue weighted by Gasteiger charge is -2.37. The smallest absolute Gasteiger partial charge is 0.407 e. The molecule has 128 valence electrons. The molecule has 0 aliphatic carbocycles. The topological polar surface area (TPSA) is 77.8 Å². The molecule has 2 heterocycles. The van der Waals surface area contributed by atoms with Crippen molar-refractivity contribution in [2.24, 2.45) is 0 Å². The zero-order valence-electron chi connectivity index (χ0n) is 13.4. The molecule has 0 saturated carbocycles. The summed E-state index contributed by atoms with van der Waals surface area (Å²) < 4.78 is 16.9. The molecule has 1 N–H and O–H groups in total. The summed E-state index contributed by atoms with van der Waals surface area (Å²) in [6, 6.07) is 6.63. The molecule has 0 saturated heterocycles. The van der Waals surface area contributed by atoms with Crippen molar-refractivity contribution >= 4 is 28.7 Å². The minimum absolute atomic E-state index is 0.294. The van der Waals surface area contributed by atoms with E-state index in [-0.39, 0.29) is 0 Å². The van der Waals surface area contributed by atoms with Crippen LogP contribution in [0, 0.1) is 0 Å². The van der Waals surface area contributed by atoms with E-state index in [1.54, 1.807) is 12.1 Å². The monoisotopic (exact) mass is 351 g/mol. The van der Waals surface area contributed by atoms with Crippen LogP contribution in [0.5, 0.6) is 5.75 Å². The van der Waals surface area contributed by atoms with E-state index in [1.165, 1.54) is 6.07 Å². The van der Waals surface area contributed by atoms with E-state index < -0.39 is 23.4 Å². The fourth-order valence-electron chi connectivity index (χ4n) is 2.84. The number of fused-ring (bicyclic) bond motifs is 3. The predicted molar refractivity (Wildman–Crippen MR) is 89.8 cm³/mol. The lowest BCUT2D eigenvalue weighted by atomic mass is 9.90. The van der Waals surface area contributed by atoms with Gasteiger partial charge in [-0.3, -0.25) is 0 Å². The first-order valence-corrected chi connectivity index (χ1v) is 8.19. The van der Waals surface area contributed by atoms with Gasteiger partial charge in [0.05, 0.1) is 5.56 Å². The zero-order chi connectivity index (χ0) is 17.3. The van der Waals surface area contributed by atoms with Crippen LogP contribution in [-0.2, 0) is 4.74 Å². The molecular weight excluding hydrogens is 334 g/mol. The molecule has 24 heavy (non-hydrogen) atoms. The molecule has 0 fully saturated rings. The molecule has 1 atom stereocenters. The van der Waals surface area contributed by atoms with Gasteiger partial charge < -0.3 is 19.2 Å². The third-order valence-corrected chi connectivity index (χ3v) is 3.98. The van der Waals surface area contributed by atoms with E-state index in [2.05, 4.69) is 5.32 Å². The Labute approximate surface area is 143 Å². The standard InChI is InChI=1S/C17H18ClNO5/c1-17(2)9-12(22-16(21)19-8-7-18)14-11(24-17)5-3-10-4-6-13(20)23-15(10)14/h3-6,12H,7-9H2,1-2H3,(H,19,21). The Kier molecular flexibility index (Phi) is 4.41. The SMILES string of the molecule is CC1(C)CC(OC(=O)NCCCl)c2c(ccc3ccc(=O)oc23)O1. The highest BCUT2D eigenvalue weighted by Crippen LogP contribution is 2.44. The Morgan fingerprint density at radius 1 is 1.38 bits per heavy atom. The molecule has 1 aromatic carbocycles. The van der Waals surface area contributed by atoms with Crippen LogP contribution in [0.4, 0.5) is 4.79 Å². The number of amides is 1. The summed E-state index contributed by atoms with van der Waals surface area (Å²) >= 11 is 5.57. The minimum Gasteiger partial charge on any atom is -0.487 e. The number of alkyl carbamates (subject to hydrolysis) is 1. The van der Waals surface area contributed by atoms with Crippen LogP contribution in [0.3, 0.4) is 0 Å². The van der Waals surface area contributed by atoms with Crippen molar-refractivity contribution in [3.05, 3.63) is 40.2 Å². The molecular formula is C17H18ClNO5. The third kappa shape index (κ3) is 3.33. The molecule has 0 spiro atoms. The van der Waals surface area contributed by atoms with Gasteiger partial charge in [-0.15, -0.1) is 11.6 Å². The second-order valence-electron chi connectivity index (χ2n) is 6.23. The minimum atomic E-state index is -0.590. The van der Waals surface area contributed by atoms with Crippen LogP contribution in [0.15, 0.2) is 33.5 Å². The quantitative estimate of drug-likeness (QED) is 0.677. The molecule has 1 aromatic heterocycles. The maximum atomic E-state index is 12.0. The van der Waals surface area contributed by atoms with Crippen molar-refractivity contribution in [1.82, 2.24) is 5.32 Å². The van der Waals surface area contributed by atoms with Gasteiger partial charge in [0.2, 0.25) is 0 Å². The Balaban J connectivity index is 2.06. The molecule has 1 unspecified atom stereocenters. The fraction of sp³-hybridized carbons (Fsp3) is 0.412. The summed E-state index contributed by atoms with van der Waals surface area (Å²) in [5, 5.41) is 3.31. The van der Waals surface area contributed by atoms with Gasteiger partial charge in [0.15, 0.2) is 0 Å². The van der Waals surface area contributed by atoms with Gasteiger partial charge in [0.1, 0.15) is 23.0 Å². The van der Waals surface area contributed by atoms with Crippen LogP contribution in [-0.4, -0.2) is 24.1 Å². The number of hydrogen-bond donors (Lipinski definition) is 1. The average Bonchev–Trinajstić information content (AvgIpc) is 2.51. The number of carbonyl (C=O) groups excluding carboxylic acids is 1. The number of benzene rings is 1. The first-order chi connectivity index (χ1) is 11.4. The van der Waals surface area contributed by atoms with Crippen molar-refractivity contribution in [3.63, 3.8) is 0 Å². The second kappa shape index (κ2) is 6.36. The number of ether oxygens (including phenoxy) is 2. The highest BCUT2D eigenvalue weighted by atomic mass is 35.5. The highest BCUT2D eigenvalue weighted by Gasteiger charge is 2.38. The molecule has 1 amide bonds. The summed E-state index contributed by atoms with van der Waals surface area (Å²) in [6.45, 7) is 4.13. The van der Waals surface area contributed by atoms with Gasteiger partial charge in [0.25, 0.3) is 0 Å². The van der Waals surface area contributed by atoms with Crippen molar-refractivity contribution in [2.45, 2.75) is 32.0 Å². The fourth-order valence-corrected chi connectivity index (χ4v) is 2.93. The van der Waals surface area contributed by atoms with Crippen molar-refractivity contribution in [3.8, 4) is 5.75 Å². The van der Waals surface area contributed by atoms with E-state index in [0.717, 1.165) is 5.39 Å². The molecule has 0 bridgehead atoms. The van der Waals surface area contributed by atoms with Gasteiger partial charge in [-0.2, -0.15) is 0 Å². The lowest BCUT2D eigenvalue weighted by Crippen LogP contribution is -2.38. The van der Waals surface area contributed by atoms with E-state index in [0.29, 0.717) is 35.7 Å². The summed E-state index contributed by atoms with van der Waals surface area (Å²) in [6.07, 6.45) is -0.723. The lowest BCUT2D eigenvalue weighted by molar-refractivity contribution is 0.000970. The van der Waals surface area contributed by atoms with Crippen molar-refractivity contribution < 1.29 is 18.7 Å². The first kappa shape index (κ1) is 16.6. The van der Waals surface area contributed by atoms with Gasteiger partial charge in [-0.1, -0.05) is 0 Å². The largest absolute Gasteiger partial charge is 0.487 e. The second-order valence-corrected chi connectivity index (χ2v) is 6.60. The van der Waals surface area contributed by atoms with Crippen LogP contribution < -0.4 is 15.7 Å². The van der Waals surface area contributed by atoms with Crippen molar-refractivity contribution in [2.75, 3.05) is 12.4 Å². The maximum absolute atomic E-state index is 12.0. The van der Waals surface area contributed by atoms with Crippen LogP contribution in [0.2, 0.25) is 0 Å². The van der Waals surface area contributed by atoms with Gasteiger partial charge in [-0.25, -0.2) is 9.59 Å². The summed E-state index contributed by atoms with van der Waals surface area (Å²) in [5.41, 5.74) is -0.0324. The van der Waals surface area contributed by atoms with E-state index in [9.17, 15) is 9.59 Å². The van der Waals surface area contributed by atoms with Crippen LogP contribution in [0.1, 0.15) is 31.9 Å². The molecule has 3 rings (SSSR count). The average molecular weight is 352 g/mol. The first-order valence-electron chi connectivity index (χ1n) is 7.66. The molecule has 2 aromatic rings. The number of halogens is 1. The number of hydrogen-bond acceptors (Lipinski definition) is 5. The van der Waals surface area contributed by atoms with Gasteiger partial charge in [-0.05, 0) is 32.0 Å². The highest BCUT2D eigenvalue weighted by molar-refractivity contribution is 6.18. The molecule has 1 aliphatic rings. The van der Waals surface area contributed by atoms with E-state index >= 15 is 0 Å². The third-order valence-electron chi connectivity index (χ3n) is 3.79. The molecule has 1 aliphatic heterocycles. The normalized spacial score (nSPS) is 18.5. The van der Waals surface area contributed by atoms with Gasteiger partial charge in [0, 0.05) is 30.3 Å². The Hall–Kier alpha value is -2.21. The number of alkyl halides is 1.